The molecule has 1 amide bonds. The zero-order chi connectivity index (χ0) is 107. The Morgan fingerprint density at radius 2 is 0.500 bits per heavy atom. The van der Waals surface area contributed by atoms with Gasteiger partial charge in [0.2, 0.25) is 5.91 Å². The van der Waals surface area contributed by atoms with Crippen LogP contribution in [0.3, 0.4) is 0 Å². The molecule has 0 aromatic carbocycles. The molecule has 2 rings (SSSR count). The van der Waals surface area contributed by atoms with Gasteiger partial charge in [-0.25, -0.2) is 9.13 Å². The first-order valence-corrected chi connectivity index (χ1v) is 57.9. The predicted octanol–water partition coefficient (Wildman–Crippen LogP) is 33.3. The molecule has 2 heterocycles. The summed E-state index contributed by atoms with van der Waals surface area (Å²) in [5, 5.41) is 64.1. The van der Waals surface area contributed by atoms with Gasteiger partial charge in [0.1, 0.15) is 48.8 Å². The molecule has 2 fully saturated rings. The molecule has 0 aromatic heterocycles. The Balaban J connectivity index is 1.56. The van der Waals surface area contributed by atoms with E-state index in [1.165, 1.54) is 136 Å². The van der Waals surface area contributed by atoms with E-state index in [9.17, 15) is 54.4 Å². The number of rotatable bonds is 76. The molecule has 0 bridgehead atoms. The van der Waals surface area contributed by atoms with Crippen LogP contribution in [-0.2, 0) is 41.5 Å². The fraction of sp³-hybridized carbons (Fsp3) is 0.653. The number of hydrogen-bond acceptors (Lipinski definition) is 15. The van der Waals surface area contributed by atoms with Gasteiger partial charge in [-0.1, -0.05) is 252 Å². The summed E-state index contributed by atoms with van der Waals surface area (Å²) in [7, 11) is -10.8. The molecule has 2 aliphatic heterocycles. The molecule has 13 atom stereocenters. The molecular formula is C124H205NO17P2. The second-order valence-electron chi connectivity index (χ2n) is 42.7. The number of allylic oxidation sites excluding steroid dienone is 42. The lowest BCUT2D eigenvalue weighted by Crippen LogP contribution is -2.67. The molecule has 18 nitrogen and oxygen atoms in total. The van der Waals surface area contributed by atoms with Crippen molar-refractivity contribution in [3.8, 4) is 0 Å². The van der Waals surface area contributed by atoms with Gasteiger partial charge in [0.25, 0.3) is 0 Å². The van der Waals surface area contributed by atoms with Crippen LogP contribution >= 0.6 is 15.6 Å². The summed E-state index contributed by atoms with van der Waals surface area (Å²) in [5.74, 6) is -0.767. The molecule has 9 N–H and O–H groups in total. The minimum Gasteiger partial charge on any atom is -0.394 e. The van der Waals surface area contributed by atoms with Crippen molar-refractivity contribution in [1.82, 2.24) is 5.32 Å². The molecule has 144 heavy (non-hydrogen) atoms. The van der Waals surface area contributed by atoms with Crippen molar-refractivity contribution in [3.63, 3.8) is 0 Å². The summed E-state index contributed by atoms with van der Waals surface area (Å²) >= 11 is 0. The lowest BCUT2D eigenvalue weighted by atomic mass is 9.95. The maximum absolute atomic E-state index is 13.1. The number of aliphatic hydroxyl groups is 6. The highest BCUT2D eigenvalue weighted by atomic mass is 31.3. The van der Waals surface area contributed by atoms with E-state index in [-0.39, 0.29) is 12.5 Å². The van der Waals surface area contributed by atoms with Crippen molar-refractivity contribution in [2.45, 2.75) is 504 Å². The monoisotopic (exact) mass is 2040 g/mol. The largest absolute Gasteiger partial charge is 0.483 e. The van der Waals surface area contributed by atoms with E-state index < -0.39 is 96.1 Å². The van der Waals surface area contributed by atoms with Gasteiger partial charge in [-0.15, -0.1) is 0 Å². The zero-order valence-electron chi connectivity index (χ0n) is 94.6. The number of nitrogens with one attached hydrogen (secondary N) is 1. The Kier molecular flexibility index (Phi) is 73.5. The first-order valence-electron chi connectivity index (χ1n) is 54.9. The normalized spacial score (nSPS) is 22.0. The van der Waals surface area contributed by atoms with Crippen LogP contribution in [0, 0.1) is 5.92 Å². The van der Waals surface area contributed by atoms with Gasteiger partial charge in [-0.05, 0) is 434 Å². The molecule has 0 spiro atoms. The van der Waals surface area contributed by atoms with Gasteiger partial charge in [0.05, 0.1) is 19.8 Å². The van der Waals surface area contributed by atoms with E-state index in [1.54, 1.807) is 0 Å². The van der Waals surface area contributed by atoms with E-state index in [4.69, 9.17) is 23.3 Å². The average Bonchev–Trinajstić information content (AvgIpc) is 0.774. The Bertz CT molecular complexity index is 4500. The molecule has 0 radical (unpaired) electrons. The van der Waals surface area contributed by atoms with Crippen molar-refractivity contribution in [2.24, 2.45) is 5.92 Å². The predicted molar refractivity (Wildman–Crippen MR) is 608 cm³/mol. The molecule has 2 aliphatic rings. The number of aliphatic hydroxyl groups excluding tert-OH is 6. The quantitative estimate of drug-likeness (QED) is 0.0202. The van der Waals surface area contributed by atoms with E-state index in [0.717, 1.165) is 257 Å². The van der Waals surface area contributed by atoms with Crippen molar-refractivity contribution >= 4 is 21.6 Å². The third-order valence-corrected chi connectivity index (χ3v) is 30.1. The summed E-state index contributed by atoms with van der Waals surface area (Å²) < 4.78 is 57.0. The van der Waals surface area contributed by atoms with Gasteiger partial charge in [-0.3, -0.25) is 13.8 Å². The van der Waals surface area contributed by atoms with Gasteiger partial charge in [0.15, 0.2) is 12.6 Å². The molecule has 0 aliphatic carbocycles. The first kappa shape index (κ1) is 134. The van der Waals surface area contributed by atoms with Crippen molar-refractivity contribution < 1.29 is 81.9 Å². The van der Waals surface area contributed by atoms with Crippen LogP contribution in [0.15, 0.2) is 245 Å². The zero-order valence-corrected chi connectivity index (χ0v) is 96.4. The van der Waals surface area contributed by atoms with Gasteiger partial charge >= 0.3 is 15.6 Å². The Morgan fingerprint density at radius 1 is 0.285 bits per heavy atom. The van der Waals surface area contributed by atoms with Gasteiger partial charge < -0.3 is 60.0 Å². The van der Waals surface area contributed by atoms with Crippen LogP contribution < -0.4 is 5.32 Å². The number of carbonyl (C=O) groups excluding carboxylic acids is 1. The van der Waals surface area contributed by atoms with Crippen molar-refractivity contribution in [1.29, 1.82) is 0 Å². The third kappa shape index (κ3) is 68.6. The lowest BCUT2D eigenvalue weighted by Gasteiger charge is -2.47. The minimum atomic E-state index is -5.59. The maximum Gasteiger partial charge on any atom is 0.483 e. The summed E-state index contributed by atoms with van der Waals surface area (Å²) in [6, 6.07) is -1.76. The number of hydrogen-bond donors (Lipinski definition) is 9. The number of phosphoric acid groups is 2. The highest BCUT2D eigenvalue weighted by Crippen LogP contribution is 2.61. The Labute approximate surface area is 877 Å². The molecular weight excluding hydrogens is 1840 g/mol. The molecule has 0 aromatic rings. The van der Waals surface area contributed by atoms with Crippen LogP contribution in [0.25, 0.3) is 0 Å². The maximum atomic E-state index is 13.1. The standard InChI is InChI=1S/C124H205NO17P2/c1-92(2)46-25-47-93(3)48-26-49-94(4)50-27-51-95(5)52-28-53-96(6)54-29-55-97(7)56-30-57-98(8)58-31-59-99(9)60-32-61-100(10)62-33-63-101(11)64-34-65-102(12)66-35-67-103(13)68-36-69-104(14)70-37-71-105(15)72-38-73-106(16)74-39-75-107(17)76-40-77-108(18)78-41-79-109(19)80-42-81-110(20)82-43-83-111(21)84-44-85-112(22)86-45-87-113(23)88-89-137-143(133,134)142-144(135,136)141-123-117(125-114(24)128)119(130)122(116(91-127)139-123)140-124-121(132)120(131)118(129)115(90-126)138-124/h46,48,50,52,54,56,58,60,62,64,66,68,70,72,74,76,78,80,82,84,86,113,115-124,126-127,129-132H,25-45,47,49,51,53,55,57,59,61,63,65,67,69,71,73,75,77,79,81,83,85,87-91H2,1-24H3,(H,125,128)(H,133,134)(H,135,136)/b93-48+,94-50+,95-52+,96-54+,97-56+,98-58+,99-60+,100-62+,101-64+,102-66+,103-68+,104-70+,105-72+,106-74+,107-76+,108-78+,109-80+,110-82+,111-84+,112-86+/t113?,115-,116-,117-,118-,119-,120+,121-,122-,123-,124+/m1/s1. The first-order chi connectivity index (χ1) is 68.3. The van der Waals surface area contributed by atoms with Gasteiger partial charge in [0, 0.05) is 6.92 Å². The third-order valence-electron chi connectivity index (χ3n) is 27.5. The molecule has 2 saturated heterocycles. The minimum absolute atomic E-state index is 0.0373. The smallest absolute Gasteiger partial charge is 0.394 e. The van der Waals surface area contributed by atoms with Crippen LogP contribution in [-0.4, -0.2) is 128 Å². The van der Waals surface area contributed by atoms with Crippen LogP contribution in [0.4, 0.5) is 0 Å². The van der Waals surface area contributed by atoms with Crippen molar-refractivity contribution in [3.05, 3.63) is 245 Å². The van der Waals surface area contributed by atoms with Crippen LogP contribution in [0.2, 0.25) is 0 Å². The topological polar surface area (TPSA) is 280 Å². The Morgan fingerprint density at radius 3 is 0.715 bits per heavy atom. The summed E-state index contributed by atoms with van der Waals surface area (Å²) in [4.78, 5) is 33.2. The SMILES string of the molecule is CC(=O)N[C@H]1[C@@H](OP(=O)(O)OP(=O)(O)OCCC(C)CC/C=C(\C)CC/C=C(\C)CC/C=C(\C)CC/C=C(\C)CC/C=C(\C)CC/C=C(\C)CC/C=C(\C)CC/C=C(\C)CC/C=C(\C)CC/C=C(\C)CC/C=C(\C)CC/C=C(\C)CC/C=C(\C)CC/C=C(\C)CC/C=C(\C)CC/C=C(\C)CC/C=C(\C)CC/C=C(\C)CC/C=C(\C)CC/C=C(\C)CCC=C(C)C)O[C@H](CO)[C@@H](O[C@@H]2O[C@H](CO)[C@@H](O)[C@H](O)[C@H]2O)[C@@H]1O. The highest BCUT2D eigenvalue weighted by Gasteiger charge is 2.53. The van der Waals surface area contributed by atoms with E-state index in [0.29, 0.717) is 6.42 Å². The fourth-order valence-electron chi connectivity index (χ4n) is 17.5. The number of amides is 1. The number of phosphoric ester groups is 2. The second kappa shape index (κ2) is 79.0. The number of carbonyl (C=O) groups is 1. The number of ether oxygens (including phenoxy) is 3. The fourth-order valence-corrected chi connectivity index (χ4v) is 19.7. The van der Waals surface area contributed by atoms with E-state index in [1.807, 2.05) is 6.92 Å². The van der Waals surface area contributed by atoms with Crippen LogP contribution in [0.5, 0.6) is 0 Å². The lowest BCUT2D eigenvalue weighted by molar-refractivity contribution is -0.344. The molecule has 3 unspecified atom stereocenters. The average molecular weight is 2040 g/mol. The van der Waals surface area contributed by atoms with Crippen LogP contribution in [0.1, 0.15) is 442 Å². The van der Waals surface area contributed by atoms with E-state index in [2.05, 4.69) is 290 Å². The molecule has 0 saturated carbocycles. The van der Waals surface area contributed by atoms with Gasteiger partial charge in [-0.2, -0.15) is 4.31 Å². The molecule has 20 heteroatoms. The van der Waals surface area contributed by atoms with Crippen molar-refractivity contribution in [2.75, 3.05) is 19.8 Å². The summed E-state index contributed by atoms with van der Waals surface area (Å²) in [6.07, 6.45) is 81.5. The Hall–Kier alpha value is -6.09. The van der Waals surface area contributed by atoms with E-state index >= 15 is 0 Å². The summed E-state index contributed by atoms with van der Waals surface area (Å²) in [5.41, 5.74) is 31.1. The second-order valence-corrected chi connectivity index (χ2v) is 45.7. The summed E-state index contributed by atoms with van der Waals surface area (Å²) in [6.45, 7) is 50.9. The highest BCUT2D eigenvalue weighted by molar-refractivity contribution is 7.61. The molecule has 818 valence electrons.